The first-order valence-corrected chi connectivity index (χ1v) is 11.7. The van der Waals surface area contributed by atoms with Gasteiger partial charge in [-0.2, -0.15) is 5.10 Å². The number of amides is 1. The maximum atomic E-state index is 13.3. The summed E-state index contributed by atoms with van der Waals surface area (Å²) in [6.07, 6.45) is 6.07. The van der Waals surface area contributed by atoms with Gasteiger partial charge in [-0.3, -0.25) is 19.4 Å². The van der Waals surface area contributed by atoms with Crippen molar-refractivity contribution in [1.82, 2.24) is 25.0 Å². The van der Waals surface area contributed by atoms with E-state index in [1.165, 1.54) is 5.56 Å². The van der Waals surface area contributed by atoms with Crippen LogP contribution in [0.4, 0.5) is 0 Å². The monoisotopic (exact) mass is 447 g/mol. The lowest BCUT2D eigenvalue weighted by molar-refractivity contribution is 0.0872. The van der Waals surface area contributed by atoms with Gasteiger partial charge in [0.1, 0.15) is 5.75 Å². The quantitative estimate of drug-likeness (QED) is 0.565. The molecule has 4 rings (SSSR count). The van der Waals surface area contributed by atoms with Crippen molar-refractivity contribution >= 4 is 5.91 Å². The number of likely N-dealkylation sites (tertiary alicyclic amines) is 1. The fraction of sp³-hybridized carbons (Fsp3) is 0.423. The number of para-hydroxylation sites is 1. The summed E-state index contributed by atoms with van der Waals surface area (Å²) in [6, 6.07) is 13.0. The van der Waals surface area contributed by atoms with Crippen molar-refractivity contribution in [3.63, 3.8) is 0 Å². The number of nitrogens with one attached hydrogen (secondary N) is 1. The number of benzene rings is 1. The first-order valence-electron chi connectivity index (χ1n) is 11.7. The first-order chi connectivity index (χ1) is 16.1. The van der Waals surface area contributed by atoms with Crippen LogP contribution in [0.15, 0.2) is 54.9 Å². The van der Waals surface area contributed by atoms with E-state index < -0.39 is 0 Å². The van der Waals surface area contributed by atoms with Gasteiger partial charge < -0.3 is 10.1 Å². The van der Waals surface area contributed by atoms with Gasteiger partial charge in [-0.05, 0) is 63.4 Å². The van der Waals surface area contributed by atoms with E-state index in [1.54, 1.807) is 19.4 Å². The van der Waals surface area contributed by atoms with Crippen LogP contribution >= 0.6 is 0 Å². The number of hydrogen-bond acceptors (Lipinski definition) is 5. The van der Waals surface area contributed by atoms with Crippen LogP contribution in [0.5, 0.6) is 5.75 Å². The smallest absolute Gasteiger partial charge is 0.255 e. The van der Waals surface area contributed by atoms with E-state index in [2.05, 4.69) is 40.3 Å². The fourth-order valence-corrected chi connectivity index (χ4v) is 4.67. The number of rotatable bonds is 8. The van der Waals surface area contributed by atoms with Crippen LogP contribution in [0.1, 0.15) is 53.1 Å². The Morgan fingerprint density at radius 2 is 2.06 bits per heavy atom. The molecule has 1 aliphatic heterocycles. The molecule has 0 radical (unpaired) electrons. The van der Waals surface area contributed by atoms with Crippen molar-refractivity contribution in [3.8, 4) is 5.75 Å². The third-order valence-corrected chi connectivity index (χ3v) is 6.42. The van der Waals surface area contributed by atoms with E-state index in [9.17, 15) is 4.79 Å². The molecule has 0 bridgehead atoms. The van der Waals surface area contributed by atoms with E-state index in [0.717, 1.165) is 50.4 Å². The fourth-order valence-electron chi connectivity index (χ4n) is 4.67. The number of carbonyl (C=O) groups excluding carboxylic acids is 1. The molecule has 1 aromatic carbocycles. The lowest BCUT2D eigenvalue weighted by Gasteiger charge is -2.37. The lowest BCUT2D eigenvalue weighted by atomic mass is 9.88. The number of piperidine rings is 1. The molecule has 33 heavy (non-hydrogen) atoms. The molecule has 1 fully saturated rings. The average molecular weight is 448 g/mol. The van der Waals surface area contributed by atoms with Crippen molar-refractivity contribution in [2.75, 3.05) is 20.2 Å². The van der Waals surface area contributed by atoms with Crippen molar-refractivity contribution in [2.45, 2.75) is 45.8 Å². The topological polar surface area (TPSA) is 72.3 Å². The second-order valence-electron chi connectivity index (χ2n) is 8.64. The summed E-state index contributed by atoms with van der Waals surface area (Å²) in [5.41, 5.74) is 3.79. The molecule has 1 saturated heterocycles. The highest BCUT2D eigenvalue weighted by atomic mass is 16.5. The minimum absolute atomic E-state index is 0.139. The summed E-state index contributed by atoms with van der Waals surface area (Å²) in [7, 11) is 1.59. The Hall–Kier alpha value is -3.19. The minimum Gasteiger partial charge on any atom is -0.496 e. The van der Waals surface area contributed by atoms with Crippen LogP contribution in [-0.2, 0) is 13.1 Å². The molecule has 2 unspecified atom stereocenters. The molecule has 3 aromatic rings. The summed E-state index contributed by atoms with van der Waals surface area (Å²) >= 11 is 0. The predicted molar refractivity (Wildman–Crippen MR) is 128 cm³/mol. The van der Waals surface area contributed by atoms with Gasteiger partial charge in [0.15, 0.2) is 0 Å². The van der Waals surface area contributed by atoms with Crippen molar-refractivity contribution in [3.05, 3.63) is 77.4 Å². The van der Waals surface area contributed by atoms with Crippen molar-refractivity contribution in [2.24, 2.45) is 5.92 Å². The third-order valence-electron chi connectivity index (χ3n) is 6.42. The molecule has 1 aliphatic rings. The molecule has 0 aliphatic carbocycles. The standard InChI is InChI=1S/C26H33N5O2/c1-4-31-18-21(19(2)29-31)17-30-15-9-10-20(16-30)25(23-12-7-8-14-27-23)28-26(32)22-11-5-6-13-24(22)33-3/h5-8,11-14,18,20,25H,4,9-10,15-17H2,1-3H3,(H,28,32). The number of aryl methyl sites for hydroxylation is 2. The van der Waals surface area contributed by atoms with Gasteiger partial charge in [0.2, 0.25) is 0 Å². The van der Waals surface area contributed by atoms with Gasteiger partial charge in [-0.1, -0.05) is 18.2 Å². The van der Waals surface area contributed by atoms with E-state index in [1.807, 2.05) is 41.1 Å². The molecular weight excluding hydrogens is 414 g/mol. The Balaban J connectivity index is 1.54. The van der Waals surface area contributed by atoms with Crippen LogP contribution < -0.4 is 10.1 Å². The zero-order chi connectivity index (χ0) is 23.2. The van der Waals surface area contributed by atoms with Crippen LogP contribution in [0.25, 0.3) is 0 Å². The molecule has 0 spiro atoms. The first kappa shape index (κ1) is 23.0. The number of aromatic nitrogens is 3. The highest BCUT2D eigenvalue weighted by Gasteiger charge is 2.31. The Kier molecular flexibility index (Phi) is 7.40. The number of nitrogens with zero attached hydrogens (tertiary/aromatic N) is 4. The second kappa shape index (κ2) is 10.6. The van der Waals surface area contributed by atoms with Gasteiger partial charge in [0, 0.05) is 37.6 Å². The molecule has 3 heterocycles. The molecule has 1 amide bonds. The predicted octanol–water partition coefficient (Wildman–Crippen LogP) is 4.00. The Labute approximate surface area is 195 Å². The largest absolute Gasteiger partial charge is 0.496 e. The molecule has 7 nitrogen and oxygen atoms in total. The van der Waals surface area contributed by atoms with Crippen molar-refractivity contribution in [1.29, 1.82) is 0 Å². The summed E-state index contributed by atoms with van der Waals surface area (Å²) in [5, 5.41) is 7.88. The third kappa shape index (κ3) is 5.42. The van der Waals surface area contributed by atoms with E-state index >= 15 is 0 Å². The maximum Gasteiger partial charge on any atom is 0.255 e. The van der Waals surface area contributed by atoms with Gasteiger partial charge in [-0.15, -0.1) is 0 Å². The number of carbonyl (C=O) groups is 1. The molecule has 7 heteroatoms. The minimum atomic E-state index is -0.175. The number of pyridine rings is 1. The summed E-state index contributed by atoms with van der Waals surface area (Å²) < 4.78 is 7.41. The highest BCUT2D eigenvalue weighted by molar-refractivity contribution is 5.97. The van der Waals surface area contributed by atoms with E-state index in [0.29, 0.717) is 11.3 Å². The molecule has 2 aromatic heterocycles. The summed E-state index contributed by atoms with van der Waals surface area (Å²) in [5.74, 6) is 0.692. The van der Waals surface area contributed by atoms with Crippen LogP contribution in [0, 0.1) is 12.8 Å². The average Bonchev–Trinajstić information content (AvgIpc) is 3.22. The molecule has 2 atom stereocenters. The van der Waals surface area contributed by atoms with Gasteiger partial charge in [0.25, 0.3) is 5.91 Å². The summed E-state index contributed by atoms with van der Waals surface area (Å²) in [6.45, 7) is 7.87. The molecular formula is C26H33N5O2. The SMILES string of the molecule is CCn1cc(CN2CCCC(C(NC(=O)c3ccccc3OC)c3ccccn3)C2)c(C)n1. The molecule has 1 N–H and O–H groups in total. The van der Waals surface area contributed by atoms with Crippen LogP contribution in [0.2, 0.25) is 0 Å². The van der Waals surface area contributed by atoms with Gasteiger partial charge >= 0.3 is 0 Å². The van der Waals surface area contributed by atoms with E-state index in [4.69, 9.17) is 4.74 Å². The van der Waals surface area contributed by atoms with Crippen LogP contribution in [-0.4, -0.2) is 45.8 Å². The van der Waals surface area contributed by atoms with Gasteiger partial charge in [0.05, 0.1) is 30.1 Å². The highest BCUT2D eigenvalue weighted by Crippen LogP contribution is 2.31. The maximum absolute atomic E-state index is 13.3. The zero-order valence-electron chi connectivity index (χ0n) is 19.7. The Morgan fingerprint density at radius 1 is 1.24 bits per heavy atom. The summed E-state index contributed by atoms with van der Waals surface area (Å²) in [4.78, 5) is 20.3. The number of ether oxygens (including phenoxy) is 1. The number of methoxy groups -OCH3 is 1. The lowest BCUT2D eigenvalue weighted by Crippen LogP contribution is -2.43. The number of hydrogen-bond donors (Lipinski definition) is 1. The second-order valence-corrected chi connectivity index (χ2v) is 8.64. The van der Waals surface area contributed by atoms with Crippen LogP contribution in [0.3, 0.4) is 0 Å². The molecule has 174 valence electrons. The normalized spacial score (nSPS) is 17.5. The Morgan fingerprint density at radius 3 is 2.79 bits per heavy atom. The van der Waals surface area contributed by atoms with Gasteiger partial charge in [-0.25, -0.2) is 0 Å². The van der Waals surface area contributed by atoms with Crippen molar-refractivity contribution < 1.29 is 9.53 Å². The molecule has 0 saturated carbocycles. The van der Waals surface area contributed by atoms with E-state index in [-0.39, 0.29) is 17.9 Å². The zero-order valence-corrected chi connectivity index (χ0v) is 19.7. The Bertz CT molecular complexity index is 1070.